The Morgan fingerprint density at radius 3 is 2.50 bits per heavy atom. The van der Waals surface area contributed by atoms with E-state index >= 15 is 0 Å². The number of allylic oxidation sites excluding steroid dienone is 4. The van der Waals surface area contributed by atoms with Crippen molar-refractivity contribution in [2.24, 2.45) is 22.7 Å². The summed E-state index contributed by atoms with van der Waals surface area (Å²) in [7, 11) is 0. The summed E-state index contributed by atoms with van der Waals surface area (Å²) in [6, 6.07) is 6.62. The molecule has 36 heavy (non-hydrogen) atoms. The number of hydrogen-bond donors (Lipinski definition) is 1. The third-order valence-corrected chi connectivity index (χ3v) is 11.0. The van der Waals surface area contributed by atoms with Gasteiger partial charge in [0, 0.05) is 25.2 Å². The molecule has 4 nitrogen and oxygen atoms in total. The van der Waals surface area contributed by atoms with Gasteiger partial charge in [0.1, 0.15) is 0 Å². The van der Waals surface area contributed by atoms with Gasteiger partial charge in [-0.3, -0.25) is 4.79 Å². The summed E-state index contributed by atoms with van der Waals surface area (Å²) in [4.78, 5) is 12.3. The first-order chi connectivity index (χ1) is 17.2. The number of ketones is 1. The smallest absolute Gasteiger partial charge is 0.251 e. The topological polar surface area (TPSA) is 55.8 Å². The second kappa shape index (κ2) is 7.72. The van der Waals surface area contributed by atoms with Crippen molar-refractivity contribution >= 4 is 5.78 Å². The zero-order valence-electron chi connectivity index (χ0n) is 22.1. The monoisotopic (exact) mass is 488 g/mol. The Hall–Kier alpha value is -2.07. The maximum atomic E-state index is 12.3. The maximum absolute atomic E-state index is 12.3. The summed E-state index contributed by atoms with van der Waals surface area (Å²) in [5, 5.41) is 11.2. The molecule has 1 aromatic carbocycles. The van der Waals surface area contributed by atoms with Crippen molar-refractivity contribution in [3.8, 4) is 11.5 Å². The molecule has 5 atom stereocenters. The molecule has 0 radical (unpaired) electrons. The number of aliphatic hydroxyl groups excluding tert-OH is 1. The van der Waals surface area contributed by atoms with Crippen LogP contribution in [0.3, 0.4) is 0 Å². The lowest BCUT2D eigenvalue weighted by Gasteiger charge is -2.52. The van der Waals surface area contributed by atoms with Crippen molar-refractivity contribution in [2.75, 3.05) is 0 Å². The van der Waals surface area contributed by atoms with Gasteiger partial charge in [0.25, 0.3) is 5.79 Å². The minimum atomic E-state index is -0.503. The van der Waals surface area contributed by atoms with E-state index in [2.05, 4.69) is 39.0 Å². The SMILES string of the molecule is CC1(C)CCC2(CC1)Oc1ccc(C3CC4(C)C(O)CCC4C4CCC5=CC(=O)CCC5=C34)cc1O2. The maximum Gasteiger partial charge on any atom is 0.251 e. The molecule has 1 heterocycles. The fourth-order valence-electron chi connectivity index (χ4n) is 8.77. The summed E-state index contributed by atoms with van der Waals surface area (Å²) in [5.41, 5.74) is 5.90. The molecule has 3 fully saturated rings. The van der Waals surface area contributed by atoms with Crippen LogP contribution < -0.4 is 9.47 Å². The summed E-state index contributed by atoms with van der Waals surface area (Å²) < 4.78 is 13.1. The Bertz CT molecular complexity index is 1180. The first kappa shape index (κ1) is 23.1. The van der Waals surface area contributed by atoms with Gasteiger partial charge in [0.2, 0.25) is 0 Å². The van der Waals surface area contributed by atoms with Crippen molar-refractivity contribution in [1.82, 2.24) is 0 Å². The highest BCUT2D eigenvalue weighted by Gasteiger charge is 2.56. The van der Waals surface area contributed by atoms with E-state index in [1.807, 2.05) is 6.08 Å². The molecule has 192 valence electrons. The number of benzene rings is 1. The van der Waals surface area contributed by atoms with E-state index < -0.39 is 5.79 Å². The molecule has 1 aliphatic heterocycles. The van der Waals surface area contributed by atoms with E-state index in [-0.39, 0.29) is 23.2 Å². The molecule has 7 rings (SSSR count). The average molecular weight is 489 g/mol. The normalized spacial score (nSPS) is 37.9. The highest BCUT2D eigenvalue weighted by Crippen LogP contribution is 2.64. The third kappa shape index (κ3) is 3.39. The Balaban J connectivity index is 1.28. The molecule has 6 aliphatic rings. The van der Waals surface area contributed by atoms with Crippen LogP contribution in [0.4, 0.5) is 0 Å². The number of carbonyl (C=O) groups excluding carboxylic acids is 1. The van der Waals surface area contributed by atoms with Crippen LogP contribution in [-0.4, -0.2) is 22.8 Å². The predicted molar refractivity (Wildman–Crippen MR) is 139 cm³/mol. The number of carbonyl (C=O) groups is 1. The first-order valence-corrected chi connectivity index (χ1v) is 14.3. The lowest BCUT2D eigenvalue weighted by molar-refractivity contribution is -0.123. The number of hydrogen-bond acceptors (Lipinski definition) is 4. The molecule has 0 saturated heterocycles. The summed E-state index contributed by atoms with van der Waals surface area (Å²) in [6.45, 7) is 7.02. The van der Waals surface area contributed by atoms with E-state index in [4.69, 9.17) is 9.47 Å². The minimum absolute atomic E-state index is 0.0579. The highest BCUT2D eigenvalue weighted by atomic mass is 16.7. The fourth-order valence-corrected chi connectivity index (χ4v) is 8.77. The van der Waals surface area contributed by atoms with Gasteiger partial charge < -0.3 is 14.6 Å². The van der Waals surface area contributed by atoms with Gasteiger partial charge in [0.05, 0.1) is 6.10 Å². The van der Waals surface area contributed by atoms with Gasteiger partial charge in [-0.25, -0.2) is 0 Å². The van der Waals surface area contributed by atoms with Crippen LogP contribution in [0, 0.1) is 22.7 Å². The quantitative estimate of drug-likeness (QED) is 0.462. The minimum Gasteiger partial charge on any atom is -0.448 e. The predicted octanol–water partition coefficient (Wildman–Crippen LogP) is 7.01. The van der Waals surface area contributed by atoms with Gasteiger partial charge in [-0.15, -0.1) is 0 Å². The number of aliphatic hydroxyl groups is 1. The van der Waals surface area contributed by atoms with Crippen LogP contribution >= 0.6 is 0 Å². The summed E-state index contributed by atoms with van der Waals surface area (Å²) in [5.74, 6) is 2.84. The van der Waals surface area contributed by atoms with Crippen LogP contribution in [-0.2, 0) is 4.79 Å². The zero-order valence-corrected chi connectivity index (χ0v) is 22.1. The second-order valence-corrected chi connectivity index (χ2v) is 13.7. The molecule has 1 spiro atoms. The van der Waals surface area contributed by atoms with Crippen molar-refractivity contribution in [3.05, 3.63) is 46.6 Å². The molecule has 1 aromatic rings. The Kier molecular flexibility index (Phi) is 4.95. The third-order valence-electron chi connectivity index (χ3n) is 11.0. The van der Waals surface area contributed by atoms with Gasteiger partial charge in [-0.1, -0.05) is 32.4 Å². The summed E-state index contributed by atoms with van der Waals surface area (Å²) in [6.07, 6.45) is 12.4. The van der Waals surface area contributed by atoms with Crippen molar-refractivity contribution in [3.63, 3.8) is 0 Å². The van der Waals surface area contributed by atoms with Crippen LogP contribution in [0.5, 0.6) is 11.5 Å². The van der Waals surface area contributed by atoms with E-state index in [9.17, 15) is 9.90 Å². The van der Waals surface area contributed by atoms with Crippen molar-refractivity contribution in [2.45, 2.75) is 109 Å². The largest absolute Gasteiger partial charge is 0.448 e. The van der Waals surface area contributed by atoms with Crippen LogP contribution in [0.2, 0.25) is 0 Å². The summed E-state index contributed by atoms with van der Waals surface area (Å²) >= 11 is 0. The lowest BCUT2D eigenvalue weighted by Crippen LogP contribution is -2.45. The van der Waals surface area contributed by atoms with E-state index in [0.29, 0.717) is 23.7 Å². The van der Waals surface area contributed by atoms with Gasteiger partial charge >= 0.3 is 0 Å². The van der Waals surface area contributed by atoms with E-state index in [1.54, 1.807) is 5.57 Å². The number of rotatable bonds is 1. The molecule has 5 unspecified atom stereocenters. The van der Waals surface area contributed by atoms with Gasteiger partial charge in [0.15, 0.2) is 17.3 Å². The fraction of sp³-hybridized carbons (Fsp3) is 0.656. The molecular weight excluding hydrogens is 448 g/mol. The second-order valence-electron chi connectivity index (χ2n) is 13.7. The molecule has 1 N–H and O–H groups in total. The molecule has 0 bridgehead atoms. The van der Waals surface area contributed by atoms with Crippen molar-refractivity contribution in [1.29, 1.82) is 0 Å². The molecule has 5 aliphatic carbocycles. The molecule has 0 amide bonds. The van der Waals surface area contributed by atoms with E-state index in [1.165, 1.54) is 16.7 Å². The Morgan fingerprint density at radius 1 is 0.917 bits per heavy atom. The Labute approximate surface area is 215 Å². The molecule has 3 saturated carbocycles. The molecular formula is C32H40O4. The number of fused-ring (bicyclic) bond motifs is 5. The highest BCUT2D eigenvalue weighted by molar-refractivity contribution is 5.93. The van der Waals surface area contributed by atoms with Gasteiger partial charge in [-0.2, -0.15) is 0 Å². The lowest BCUT2D eigenvalue weighted by atomic mass is 9.53. The van der Waals surface area contributed by atoms with Crippen molar-refractivity contribution < 1.29 is 19.4 Å². The standard InChI is InChI=1S/C32H40O4/c1-30(2)12-14-32(15-13-30)35-26-10-5-20(17-27(26)36-32)24-18-31(3)25(9-11-28(31)34)23-7-4-19-16-21(33)6-8-22(19)29(23)24/h5,10,16-17,23-25,28,34H,4,6-9,11-15,18H2,1-3H3. The Morgan fingerprint density at radius 2 is 1.69 bits per heavy atom. The average Bonchev–Trinajstić information content (AvgIpc) is 3.36. The zero-order chi connectivity index (χ0) is 24.9. The van der Waals surface area contributed by atoms with E-state index in [0.717, 1.165) is 75.7 Å². The van der Waals surface area contributed by atoms with Gasteiger partial charge in [-0.05, 0) is 109 Å². The van der Waals surface area contributed by atoms with Crippen LogP contribution in [0.1, 0.15) is 103 Å². The molecule has 4 heteroatoms. The molecule has 0 aromatic heterocycles. The first-order valence-electron chi connectivity index (χ1n) is 14.3. The number of ether oxygens (including phenoxy) is 2. The van der Waals surface area contributed by atoms with Crippen LogP contribution in [0.25, 0.3) is 0 Å². The van der Waals surface area contributed by atoms with Crippen LogP contribution in [0.15, 0.2) is 41.0 Å².